The van der Waals surface area contributed by atoms with Gasteiger partial charge >= 0.3 is 0 Å². The number of carbonyl (C=O) groups is 1. The van der Waals surface area contributed by atoms with E-state index in [9.17, 15) is 18.7 Å². The van der Waals surface area contributed by atoms with Crippen LogP contribution in [0, 0.1) is 18.7 Å². The number of amides is 1. The second kappa shape index (κ2) is 8.28. The van der Waals surface area contributed by atoms with Gasteiger partial charge in [-0.1, -0.05) is 0 Å². The fourth-order valence-electron chi connectivity index (χ4n) is 3.87. The molecule has 3 aromatic heterocycles. The molecule has 0 saturated heterocycles. The van der Waals surface area contributed by atoms with Crippen molar-refractivity contribution >= 4 is 22.6 Å². The van der Waals surface area contributed by atoms with E-state index in [0.717, 1.165) is 12.8 Å². The number of nitrogens with one attached hydrogen (secondary N) is 1. The molecule has 1 aromatic carbocycles. The fraction of sp³-hybridized carbons (Fsp3) is 0.333. The van der Waals surface area contributed by atoms with Crippen molar-refractivity contribution < 1.29 is 18.7 Å². The molecule has 0 aliphatic heterocycles. The molecule has 3 heterocycles. The second-order valence-corrected chi connectivity index (χ2v) is 8.70. The molecule has 2 unspecified atom stereocenters. The van der Waals surface area contributed by atoms with Crippen LogP contribution in [0.2, 0.25) is 0 Å². The Balaban J connectivity index is 1.58. The Bertz CT molecular complexity index is 1400. The van der Waals surface area contributed by atoms with Crippen LogP contribution in [0.25, 0.3) is 22.7 Å². The number of anilines is 1. The number of aromatic nitrogens is 5. The minimum Gasteiger partial charge on any atom is -0.389 e. The first-order valence-electron chi connectivity index (χ1n) is 11.1. The monoisotopic (exact) mass is 466 g/mol. The Morgan fingerprint density at radius 2 is 2.00 bits per heavy atom. The molecule has 8 nitrogen and oxygen atoms in total. The van der Waals surface area contributed by atoms with Crippen molar-refractivity contribution in [3.63, 3.8) is 0 Å². The summed E-state index contributed by atoms with van der Waals surface area (Å²) in [5, 5.41) is 17.2. The van der Waals surface area contributed by atoms with Gasteiger partial charge in [0.2, 0.25) is 5.91 Å². The normalized spacial score (nSPS) is 15.5. The molecule has 2 N–H and O–H groups in total. The number of fused-ring (bicyclic) bond motifs is 1. The maximum Gasteiger partial charge on any atom is 0.227 e. The average molecular weight is 466 g/mol. The average Bonchev–Trinajstić information content (AvgIpc) is 3.46. The quantitative estimate of drug-likeness (QED) is 0.437. The van der Waals surface area contributed by atoms with Gasteiger partial charge in [-0.3, -0.25) is 9.36 Å². The summed E-state index contributed by atoms with van der Waals surface area (Å²) in [4.78, 5) is 21.1. The van der Waals surface area contributed by atoms with Gasteiger partial charge in [0, 0.05) is 23.2 Å². The highest BCUT2D eigenvalue weighted by Gasteiger charge is 2.30. The molecule has 1 saturated carbocycles. The number of pyridine rings is 1. The van der Waals surface area contributed by atoms with Crippen molar-refractivity contribution in [2.24, 2.45) is 5.92 Å². The van der Waals surface area contributed by atoms with E-state index in [4.69, 9.17) is 0 Å². The number of nitrogens with zero attached hydrogens (tertiary/aromatic N) is 5. The molecule has 176 valence electrons. The molecule has 34 heavy (non-hydrogen) atoms. The third-order valence-corrected chi connectivity index (χ3v) is 5.94. The molecule has 0 radical (unpaired) electrons. The van der Waals surface area contributed by atoms with Gasteiger partial charge in [-0.05, 0) is 57.9 Å². The highest BCUT2D eigenvalue weighted by Crippen LogP contribution is 2.32. The van der Waals surface area contributed by atoms with Crippen molar-refractivity contribution in [1.82, 2.24) is 24.3 Å². The third kappa shape index (κ3) is 3.94. The molecule has 1 aliphatic rings. The Labute approximate surface area is 194 Å². The van der Waals surface area contributed by atoms with Gasteiger partial charge in [-0.2, -0.15) is 5.10 Å². The summed E-state index contributed by atoms with van der Waals surface area (Å²) in [6.45, 7) is 4.79. The summed E-state index contributed by atoms with van der Waals surface area (Å²) >= 11 is 0. The molecule has 2 atom stereocenters. The summed E-state index contributed by atoms with van der Waals surface area (Å²) in [7, 11) is 0. The number of rotatable bonds is 6. The Morgan fingerprint density at radius 3 is 2.65 bits per heavy atom. The highest BCUT2D eigenvalue weighted by molar-refractivity contribution is 5.96. The van der Waals surface area contributed by atoms with E-state index in [1.807, 2.05) is 0 Å². The summed E-state index contributed by atoms with van der Waals surface area (Å²) in [5.74, 6) is -0.0504. The molecule has 0 spiro atoms. The number of carbonyl (C=O) groups excluding carboxylic acids is 1. The van der Waals surface area contributed by atoms with Crippen LogP contribution in [0.3, 0.4) is 0 Å². The zero-order chi connectivity index (χ0) is 24.1. The van der Waals surface area contributed by atoms with Gasteiger partial charge in [0.1, 0.15) is 24.1 Å². The van der Waals surface area contributed by atoms with E-state index in [-0.39, 0.29) is 23.2 Å². The molecule has 10 heteroatoms. The zero-order valence-corrected chi connectivity index (χ0v) is 19.0. The van der Waals surface area contributed by atoms with Gasteiger partial charge in [0.05, 0.1) is 28.5 Å². The number of hydrogen-bond donors (Lipinski definition) is 2. The topological polar surface area (TPSA) is 97.9 Å². The second-order valence-electron chi connectivity index (χ2n) is 8.70. The number of aliphatic hydroxyl groups is 1. The lowest BCUT2D eigenvalue weighted by Gasteiger charge is -2.15. The van der Waals surface area contributed by atoms with Crippen molar-refractivity contribution in [2.75, 3.05) is 5.32 Å². The van der Waals surface area contributed by atoms with Crippen LogP contribution in [0.1, 0.15) is 55.9 Å². The van der Waals surface area contributed by atoms with E-state index in [2.05, 4.69) is 20.4 Å². The maximum absolute atomic E-state index is 14.8. The van der Waals surface area contributed by atoms with Crippen LogP contribution in [0.15, 0.2) is 36.7 Å². The van der Waals surface area contributed by atoms with E-state index in [1.54, 1.807) is 36.6 Å². The van der Waals surface area contributed by atoms with Gasteiger partial charge in [0.15, 0.2) is 5.82 Å². The first-order valence-corrected chi connectivity index (χ1v) is 11.1. The summed E-state index contributed by atoms with van der Waals surface area (Å²) in [6.07, 6.45) is 1.05. The van der Waals surface area contributed by atoms with Gasteiger partial charge in [-0.25, -0.2) is 23.4 Å². The van der Waals surface area contributed by atoms with Crippen LogP contribution < -0.4 is 5.32 Å². The SMILES string of the molecule is Cc1cc(C(C)F)nn1-c1nc(-n2cnc3cc(NC(=O)C4CC4)c(F)cc32)ccc1C(C)O. The predicted molar refractivity (Wildman–Crippen MR) is 122 cm³/mol. The van der Waals surface area contributed by atoms with Crippen molar-refractivity contribution in [3.8, 4) is 11.6 Å². The van der Waals surface area contributed by atoms with Gasteiger partial charge < -0.3 is 10.4 Å². The highest BCUT2D eigenvalue weighted by atomic mass is 19.1. The van der Waals surface area contributed by atoms with Crippen LogP contribution in [-0.2, 0) is 4.79 Å². The standard InChI is InChI=1S/C24H24F2N6O2/c1-12-8-18(13(2)25)30-32(12)23-16(14(3)33)6-7-22(29-23)31-11-27-20-10-19(17(26)9-21(20)31)28-24(34)15-4-5-15/h6-11,13-15,33H,4-5H2,1-3H3,(H,28,34). The van der Waals surface area contributed by atoms with Crippen LogP contribution in [-0.4, -0.2) is 35.3 Å². The number of aliphatic hydroxyl groups excluding tert-OH is 1. The minimum atomic E-state index is -1.26. The molecule has 4 aromatic rings. The Hall–Kier alpha value is -3.66. The maximum atomic E-state index is 14.8. The smallest absolute Gasteiger partial charge is 0.227 e. The Kier molecular flexibility index (Phi) is 5.40. The molecular weight excluding hydrogens is 442 g/mol. The number of halogens is 2. The van der Waals surface area contributed by atoms with E-state index in [1.165, 1.54) is 30.1 Å². The number of aryl methyl sites for hydroxylation is 1. The van der Waals surface area contributed by atoms with Crippen molar-refractivity contribution in [2.45, 2.75) is 45.9 Å². The molecular formula is C24H24F2N6O2. The third-order valence-electron chi connectivity index (χ3n) is 5.94. The van der Waals surface area contributed by atoms with Crippen LogP contribution >= 0.6 is 0 Å². The van der Waals surface area contributed by atoms with E-state index >= 15 is 0 Å². The van der Waals surface area contributed by atoms with Crippen LogP contribution in [0.5, 0.6) is 0 Å². The van der Waals surface area contributed by atoms with Crippen LogP contribution in [0.4, 0.5) is 14.5 Å². The minimum absolute atomic E-state index is 0.0469. The van der Waals surface area contributed by atoms with Gasteiger partial charge in [-0.15, -0.1) is 0 Å². The van der Waals surface area contributed by atoms with Crippen molar-refractivity contribution in [3.05, 3.63) is 59.4 Å². The van der Waals surface area contributed by atoms with E-state index in [0.29, 0.717) is 33.9 Å². The molecule has 1 fully saturated rings. The lowest BCUT2D eigenvalue weighted by molar-refractivity contribution is -0.117. The largest absolute Gasteiger partial charge is 0.389 e. The lowest BCUT2D eigenvalue weighted by Crippen LogP contribution is -2.14. The fourth-order valence-corrected chi connectivity index (χ4v) is 3.87. The first-order chi connectivity index (χ1) is 16.2. The number of hydrogen-bond acceptors (Lipinski definition) is 5. The first kappa shape index (κ1) is 22.1. The summed E-state index contributed by atoms with van der Waals surface area (Å²) in [6, 6.07) is 7.82. The number of alkyl halides is 1. The molecule has 1 amide bonds. The predicted octanol–water partition coefficient (Wildman–Crippen LogP) is 4.49. The summed E-state index contributed by atoms with van der Waals surface area (Å²) in [5.41, 5.74) is 2.46. The lowest BCUT2D eigenvalue weighted by atomic mass is 10.1. The van der Waals surface area contributed by atoms with Gasteiger partial charge in [0.25, 0.3) is 0 Å². The number of imidazole rings is 1. The summed E-state index contributed by atoms with van der Waals surface area (Å²) < 4.78 is 31.8. The molecule has 0 bridgehead atoms. The molecule has 5 rings (SSSR count). The zero-order valence-electron chi connectivity index (χ0n) is 19.0. The molecule has 1 aliphatic carbocycles. The van der Waals surface area contributed by atoms with Crippen molar-refractivity contribution in [1.29, 1.82) is 0 Å². The van der Waals surface area contributed by atoms with E-state index < -0.39 is 18.1 Å². The number of benzene rings is 1. The Morgan fingerprint density at radius 1 is 1.24 bits per heavy atom.